The third-order valence-corrected chi connectivity index (χ3v) is 2.27. The molecule has 0 aromatic rings. The summed E-state index contributed by atoms with van der Waals surface area (Å²) < 4.78 is 9.65. The van der Waals surface area contributed by atoms with E-state index in [1.807, 2.05) is 0 Å². The number of carbonyl (C=O) groups is 2. The molecule has 122 valence electrons. The Kier molecular flexibility index (Phi) is 13.6. The van der Waals surface area contributed by atoms with E-state index in [2.05, 4.69) is 9.98 Å². The highest BCUT2D eigenvalue weighted by molar-refractivity contribution is 5.98. The molecule has 0 heterocycles. The van der Waals surface area contributed by atoms with Gasteiger partial charge in [-0.3, -0.25) is 19.6 Å². The molecular formula is C14H26N2O5. The lowest BCUT2D eigenvalue weighted by molar-refractivity contribution is -0.142. The average molecular weight is 302 g/mol. The maximum absolute atomic E-state index is 11.2. The molecule has 21 heavy (non-hydrogen) atoms. The molecule has 0 aromatic heterocycles. The molecule has 0 aromatic carbocycles. The standard InChI is InChI=1S/C14H24N2O4.H2O/c1-5-19-13(17)9-11(3)15-7-8-16-12(4)10-14(18)20-6-2;/h5-10H2,1-4H3;1H2. The van der Waals surface area contributed by atoms with E-state index in [1.54, 1.807) is 27.7 Å². The molecular weight excluding hydrogens is 276 g/mol. The molecule has 0 bridgehead atoms. The molecule has 0 amide bonds. The minimum absolute atomic E-state index is 0. The smallest absolute Gasteiger partial charge is 0.311 e. The van der Waals surface area contributed by atoms with Gasteiger partial charge in [0, 0.05) is 11.4 Å². The minimum atomic E-state index is -0.268. The van der Waals surface area contributed by atoms with Gasteiger partial charge in [-0.05, 0) is 27.7 Å². The van der Waals surface area contributed by atoms with Crippen molar-refractivity contribution in [3.05, 3.63) is 0 Å². The molecule has 0 saturated heterocycles. The zero-order valence-corrected chi connectivity index (χ0v) is 13.3. The monoisotopic (exact) mass is 302 g/mol. The summed E-state index contributed by atoms with van der Waals surface area (Å²) in [5.74, 6) is -0.536. The Hall–Kier alpha value is -1.76. The molecule has 0 aliphatic carbocycles. The van der Waals surface area contributed by atoms with Gasteiger partial charge >= 0.3 is 11.9 Å². The molecule has 0 atom stereocenters. The van der Waals surface area contributed by atoms with E-state index in [-0.39, 0.29) is 30.3 Å². The summed E-state index contributed by atoms with van der Waals surface area (Å²) in [6, 6.07) is 0. The van der Waals surface area contributed by atoms with Gasteiger partial charge in [-0.1, -0.05) is 0 Å². The highest BCUT2D eigenvalue weighted by Crippen LogP contribution is 1.94. The second-order valence-corrected chi connectivity index (χ2v) is 4.20. The maximum Gasteiger partial charge on any atom is 0.311 e. The molecule has 0 radical (unpaired) electrons. The Morgan fingerprint density at radius 3 is 1.43 bits per heavy atom. The zero-order valence-electron chi connectivity index (χ0n) is 13.3. The van der Waals surface area contributed by atoms with Crippen LogP contribution in [0.5, 0.6) is 0 Å². The summed E-state index contributed by atoms with van der Waals surface area (Å²) in [4.78, 5) is 30.8. The van der Waals surface area contributed by atoms with E-state index in [4.69, 9.17) is 9.47 Å². The Morgan fingerprint density at radius 2 is 1.14 bits per heavy atom. The van der Waals surface area contributed by atoms with Crippen molar-refractivity contribution in [3.8, 4) is 0 Å². The van der Waals surface area contributed by atoms with Crippen molar-refractivity contribution in [3.63, 3.8) is 0 Å². The summed E-state index contributed by atoms with van der Waals surface area (Å²) in [5.41, 5.74) is 1.45. The van der Waals surface area contributed by atoms with E-state index in [0.29, 0.717) is 26.3 Å². The lowest BCUT2D eigenvalue weighted by atomic mass is 10.3. The summed E-state index contributed by atoms with van der Waals surface area (Å²) >= 11 is 0. The highest BCUT2D eigenvalue weighted by atomic mass is 16.5. The average Bonchev–Trinajstić information content (AvgIpc) is 2.35. The third kappa shape index (κ3) is 13.0. The molecule has 7 nitrogen and oxygen atoms in total. The van der Waals surface area contributed by atoms with Gasteiger partial charge in [-0.15, -0.1) is 0 Å². The molecule has 0 aliphatic heterocycles. The van der Waals surface area contributed by atoms with Crippen molar-refractivity contribution in [1.29, 1.82) is 0 Å². The van der Waals surface area contributed by atoms with Gasteiger partial charge in [0.2, 0.25) is 0 Å². The van der Waals surface area contributed by atoms with Crippen LogP contribution in [0.25, 0.3) is 0 Å². The number of carbonyl (C=O) groups excluding carboxylic acids is 2. The summed E-state index contributed by atoms with van der Waals surface area (Å²) in [7, 11) is 0. The highest BCUT2D eigenvalue weighted by Gasteiger charge is 2.04. The number of hydrogen-bond acceptors (Lipinski definition) is 6. The maximum atomic E-state index is 11.2. The number of ether oxygens (including phenoxy) is 2. The first kappa shape index (κ1) is 21.5. The molecule has 0 unspecified atom stereocenters. The van der Waals surface area contributed by atoms with E-state index < -0.39 is 0 Å². The van der Waals surface area contributed by atoms with Gasteiger partial charge in [-0.25, -0.2) is 0 Å². The Morgan fingerprint density at radius 1 is 0.810 bits per heavy atom. The molecule has 0 rings (SSSR count). The van der Waals surface area contributed by atoms with Crippen molar-refractivity contribution in [2.45, 2.75) is 40.5 Å². The Labute approximate surface area is 125 Å². The number of aliphatic imine (C=N–C) groups is 2. The molecule has 0 fully saturated rings. The van der Waals surface area contributed by atoms with Crippen LogP contribution in [-0.4, -0.2) is 55.1 Å². The first-order chi connectivity index (χ1) is 9.49. The van der Waals surface area contributed by atoms with Gasteiger partial charge in [-0.2, -0.15) is 0 Å². The van der Waals surface area contributed by atoms with Gasteiger partial charge in [0.1, 0.15) is 0 Å². The number of esters is 2. The van der Waals surface area contributed by atoms with Crippen molar-refractivity contribution in [2.24, 2.45) is 9.98 Å². The Bertz CT molecular complexity index is 342. The Balaban J connectivity index is 0. The van der Waals surface area contributed by atoms with Crippen molar-refractivity contribution >= 4 is 23.4 Å². The van der Waals surface area contributed by atoms with Gasteiger partial charge in [0.05, 0.1) is 39.1 Å². The summed E-state index contributed by atoms with van der Waals surface area (Å²) in [6.45, 7) is 8.85. The van der Waals surface area contributed by atoms with Crippen LogP contribution in [0.1, 0.15) is 40.5 Å². The molecule has 0 aliphatic rings. The fourth-order valence-corrected chi connectivity index (χ4v) is 1.44. The lowest BCUT2D eigenvalue weighted by Crippen LogP contribution is -2.10. The van der Waals surface area contributed by atoms with Gasteiger partial charge in [0.15, 0.2) is 0 Å². The fraction of sp³-hybridized carbons (Fsp3) is 0.714. The second kappa shape index (κ2) is 13.2. The molecule has 0 saturated carbocycles. The molecule has 0 spiro atoms. The number of hydrogen-bond donors (Lipinski definition) is 0. The lowest BCUT2D eigenvalue weighted by Gasteiger charge is -2.02. The SMILES string of the molecule is CCOC(=O)CC(C)=NCCN=C(C)CC(=O)OCC.O. The quantitative estimate of drug-likeness (QED) is 0.359. The van der Waals surface area contributed by atoms with Crippen LogP contribution in [0, 0.1) is 0 Å². The topological polar surface area (TPSA) is 109 Å². The number of nitrogens with zero attached hydrogens (tertiary/aromatic N) is 2. The van der Waals surface area contributed by atoms with E-state index in [9.17, 15) is 9.59 Å². The van der Waals surface area contributed by atoms with Crippen LogP contribution in [0.4, 0.5) is 0 Å². The van der Waals surface area contributed by atoms with E-state index in [0.717, 1.165) is 11.4 Å². The normalized spacial score (nSPS) is 11.6. The minimum Gasteiger partial charge on any atom is -0.466 e. The van der Waals surface area contributed by atoms with Crippen LogP contribution in [-0.2, 0) is 19.1 Å². The van der Waals surface area contributed by atoms with E-state index >= 15 is 0 Å². The summed E-state index contributed by atoms with van der Waals surface area (Å²) in [6.07, 6.45) is 0.415. The van der Waals surface area contributed by atoms with Gasteiger partial charge < -0.3 is 14.9 Å². The largest absolute Gasteiger partial charge is 0.466 e. The van der Waals surface area contributed by atoms with Crippen LogP contribution < -0.4 is 0 Å². The predicted molar refractivity (Wildman–Crippen MR) is 82.1 cm³/mol. The number of rotatable bonds is 9. The van der Waals surface area contributed by atoms with Crippen molar-refractivity contribution < 1.29 is 24.5 Å². The van der Waals surface area contributed by atoms with E-state index in [1.165, 1.54) is 0 Å². The molecule has 7 heteroatoms. The van der Waals surface area contributed by atoms with Crippen molar-refractivity contribution in [2.75, 3.05) is 26.3 Å². The first-order valence-corrected chi connectivity index (χ1v) is 6.80. The zero-order chi connectivity index (χ0) is 15.4. The van der Waals surface area contributed by atoms with Crippen LogP contribution in [0.15, 0.2) is 9.98 Å². The second-order valence-electron chi connectivity index (χ2n) is 4.20. The van der Waals surface area contributed by atoms with Crippen LogP contribution >= 0.6 is 0 Å². The third-order valence-electron chi connectivity index (χ3n) is 2.27. The van der Waals surface area contributed by atoms with Gasteiger partial charge in [0.25, 0.3) is 0 Å². The van der Waals surface area contributed by atoms with Crippen LogP contribution in [0.2, 0.25) is 0 Å². The molecule has 2 N–H and O–H groups in total. The van der Waals surface area contributed by atoms with Crippen LogP contribution in [0.3, 0.4) is 0 Å². The predicted octanol–water partition coefficient (Wildman–Crippen LogP) is 0.990. The van der Waals surface area contributed by atoms with Crippen molar-refractivity contribution in [1.82, 2.24) is 0 Å². The summed E-state index contributed by atoms with van der Waals surface area (Å²) in [5, 5.41) is 0. The fourth-order valence-electron chi connectivity index (χ4n) is 1.44. The first-order valence-electron chi connectivity index (χ1n) is 6.80.